The van der Waals surface area contributed by atoms with Crippen LogP contribution in [0.3, 0.4) is 0 Å². The summed E-state index contributed by atoms with van der Waals surface area (Å²) in [7, 11) is 0. The van der Waals surface area contributed by atoms with E-state index in [4.69, 9.17) is 4.42 Å². The van der Waals surface area contributed by atoms with Crippen molar-refractivity contribution in [2.45, 2.75) is 20.8 Å². The first-order valence-electron chi connectivity index (χ1n) is 8.47. The molecule has 0 unspecified atom stereocenters. The molecule has 2 aromatic carbocycles. The number of hydrogen-bond acceptors (Lipinski definition) is 3. The third-order valence-corrected chi connectivity index (χ3v) is 4.58. The summed E-state index contributed by atoms with van der Waals surface area (Å²) in [6.45, 7) is 5.72. The molecule has 0 aliphatic heterocycles. The Hall–Kier alpha value is -3.34. The number of aromatic nitrogens is 2. The third-order valence-electron chi connectivity index (χ3n) is 4.58. The number of fused-ring (bicyclic) bond motifs is 1. The van der Waals surface area contributed by atoms with Crippen molar-refractivity contribution in [3.8, 4) is 5.69 Å². The molecule has 26 heavy (non-hydrogen) atoms. The molecule has 0 fully saturated rings. The molecule has 0 aliphatic rings. The maximum Gasteiger partial charge on any atom is 0.291 e. The van der Waals surface area contributed by atoms with Crippen LogP contribution < -0.4 is 5.32 Å². The Labute approximate surface area is 151 Å². The van der Waals surface area contributed by atoms with E-state index in [-0.39, 0.29) is 5.91 Å². The number of rotatable bonds is 3. The molecule has 0 radical (unpaired) electrons. The van der Waals surface area contributed by atoms with Crippen molar-refractivity contribution < 1.29 is 9.21 Å². The summed E-state index contributed by atoms with van der Waals surface area (Å²) in [5.74, 6) is 0.0648. The smallest absolute Gasteiger partial charge is 0.291 e. The summed E-state index contributed by atoms with van der Waals surface area (Å²) in [5, 5.41) is 8.48. The van der Waals surface area contributed by atoms with Crippen LogP contribution in [0, 0.1) is 20.8 Å². The Morgan fingerprint density at radius 1 is 1.00 bits per heavy atom. The molecule has 1 amide bonds. The number of nitrogens with zero attached hydrogens (tertiary/aromatic N) is 2. The zero-order valence-corrected chi connectivity index (χ0v) is 14.9. The first-order valence-corrected chi connectivity index (χ1v) is 8.47. The molecule has 0 bridgehead atoms. The number of furan rings is 1. The molecule has 0 atom stereocenters. The summed E-state index contributed by atoms with van der Waals surface area (Å²) in [4.78, 5) is 12.8. The molecule has 2 heterocycles. The van der Waals surface area contributed by atoms with Crippen LogP contribution in [0.4, 0.5) is 5.69 Å². The highest BCUT2D eigenvalue weighted by Gasteiger charge is 2.21. The van der Waals surface area contributed by atoms with Gasteiger partial charge in [0, 0.05) is 10.9 Å². The van der Waals surface area contributed by atoms with Gasteiger partial charge >= 0.3 is 0 Å². The lowest BCUT2D eigenvalue weighted by molar-refractivity contribution is 0.0997. The van der Waals surface area contributed by atoms with E-state index in [0.29, 0.717) is 17.0 Å². The van der Waals surface area contributed by atoms with Gasteiger partial charge < -0.3 is 9.73 Å². The highest BCUT2D eigenvalue weighted by atomic mass is 16.3. The van der Waals surface area contributed by atoms with Crippen LogP contribution in [-0.2, 0) is 0 Å². The maximum absolute atomic E-state index is 12.8. The van der Waals surface area contributed by atoms with Gasteiger partial charge in [0.2, 0.25) is 0 Å². The largest absolute Gasteiger partial charge is 0.451 e. The number of hydrogen-bond donors (Lipinski definition) is 1. The Balaban J connectivity index is 1.70. The number of aryl methyl sites for hydroxylation is 2. The van der Waals surface area contributed by atoms with Crippen LogP contribution in [0.5, 0.6) is 0 Å². The fourth-order valence-electron chi connectivity index (χ4n) is 3.21. The van der Waals surface area contributed by atoms with Crippen molar-refractivity contribution in [2.75, 3.05) is 5.32 Å². The van der Waals surface area contributed by atoms with E-state index in [9.17, 15) is 4.79 Å². The van der Waals surface area contributed by atoms with E-state index < -0.39 is 0 Å². The van der Waals surface area contributed by atoms with Crippen LogP contribution in [0.1, 0.15) is 27.5 Å². The highest BCUT2D eigenvalue weighted by Crippen LogP contribution is 2.27. The lowest BCUT2D eigenvalue weighted by Gasteiger charge is -2.06. The number of nitrogens with one attached hydrogen (secondary N) is 1. The van der Waals surface area contributed by atoms with Gasteiger partial charge in [-0.05, 0) is 39.0 Å². The predicted molar refractivity (Wildman–Crippen MR) is 102 cm³/mol. The van der Waals surface area contributed by atoms with Crippen molar-refractivity contribution >= 4 is 22.6 Å². The van der Waals surface area contributed by atoms with Gasteiger partial charge in [-0.2, -0.15) is 5.10 Å². The van der Waals surface area contributed by atoms with Gasteiger partial charge in [0.25, 0.3) is 5.91 Å². The van der Waals surface area contributed by atoms with Crippen molar-refractivity contribution in [1.29, 1.82) is 0 Å². The van der Waals surface area contributed by atoms with Crippen LogP contribution in [0.2, 0.25) is 0 Å². The number of para-hydroxylation sites is 2. The summed E-state index contributed by atoms with van der Waals surface area (Å²) in [6.07, 6.45) is 0. The van der Waals surface area contributed by atoms with E-state index >= 15 is 0 Å². The average Bonchev–Trinajstić information content (AvgIpc) is 3.14. The maximum atomic E-state index is 12.8. The van der Waals surface area contributed by atoms with Gasteiger partial charge in [-0.25, -0.2) is 4.68 Å². The molecule has 4 aromatic rings. The fraction of sp³-hybridized carbons (Fsp3) is 0.143. The molecular formula is C21H19N3O2. The van der Waals surface area contributed by atoms with Crippen molar-refractivity contribution in [2.24, 2.45) is 0 Å². The van der Waals surface area contributed by atoms with Crippen LogP contribution >= 0.6 is 0 Å². The minimum absolute atomic E-state index is 0.266. The van der Waals surface area contributed by atoms with Gasteiger partial charge in [0.05, 0.1) is 22.8 Å². The van der Waals surface area contributed by atoms with Gasteiger partial charge in [-0.3, -0.25) is 4.79 Å². The van der Waals surface area contributed by atoms with Crippen LogP contribution in [0.15, 0.2) is 59.0 Å². The Kier molecular flexibility index (Phi) is 3.84. The van der Waals surface area contributed by atoms with Gasteiger partial charge in [-0.1, -0.05) is 36.4 Å². The van der Waals surface area contributed by atoms with Crippen molar-refractivity contribution in [1.82, 2.24) is 9.78 Å². The third kappa shape index (κ3) is 2.58. The minimum atomic E-state index is -0.266. The lowest BCUT2D eigenvalue weighted by Crippen LogP contribution is -2.13. The summed E-state index contributed by atoms with van der Waals surface area (Å²) >= 11 is 0. The van der Waals surface area contributed by atoms with Gasteiger partial charge in [0.1, 0.15) is 5.58 Å². The summed E-state index contributed by atoms with van der Waals surface area (Å²) < 4.78 is 7.59. The monoisotopic (exact) mass is 345 g/mol. The standard InChI is InChI=1S/C21H19N3O2/c1-13-17-11-7-8-12-18(17)26-20(13)21(25)22-19-14(2)23-24(15(19)3)16-9-5-4-6-10-16/h4-12H,1-3H3,(H,22,25). The number of carbonyl (C=O) groups is 1. The molecule has 2 aromatic heterocycles. The van der Waals surface area contributed by atoms with Crippen molar-refractivity contribution in [3.63, 3.8) is 0 Å². The molecule has 130 valence electrons. The predicted octanol–water partition coefficient (Wildman–Crippen LogP) is 4.80. The molecule has 5 nitrogen and oxygen atoms in total. The van der Waals surface area contributed by atoms with Crippen molar-refractivity contribution in [3.05, 3.63) is 77.3 Å². The van der Waals surface area contributed by atoms with E-state index in [1.165, 1.54) is 0 Å². The number of anilines is 1. The van der Waals surface area contributed by atoms with E-state index in [0.717, 1.165) is 28.0 Å². The molecule has 0 saturated heterocycles. The first kappa shape index (κ1) is 16.1. The molecule has 0 saturated carbocycles. The van der Waals surface area contributed by atoms with Crippen LogP contribution in [-0.4, -0.2) is 15.7 Å². The Bertz CT molecular complexity index is 1110. The Morgan fingerprint density at radius 3 is 2.42 bits per heavy atom. The lowest BCUT2D eigenvalue weighted by atomic mass is 10.1. The second-order valence-corrected chi connectivity index (χ2v) is 6.30. The molecule has 5 heteroatoms. The molecule has 0 spiro atoms. The summed E-state index contributed by atoms with van der Waals surface area (Å²) in [5.41, 5.74) is 4.84. The topological polar surface area (TPSA) is 60.1 Å². The molecule has 0 aliphatic carbocycles. The highest BCUT2D eigenvalue weighted by molar-refractivity contribution is 6.06. The molecule has 1 N–H and O–H groups in total. The molecule has 4 rings (SSSR count). The van der Waals surface area contributed by atoms with Gasteiger partial charge in [-0.15, -0.1) is 0 Å². The zero-order valence-electron chi connectivity index (χ0n) is 14.9. The van der Waals surface area contributed by atoms with Gasteiger partial charge in [0.15, 0.2) is 5.76 Å². The SMILES string of the molecule is Cc1nn(-c2ccccc2)c(C)c1NC(=O)c1oc2ccccc2c1C. The first-order chi connectivity index (χ1) is 12.6. The Morgan fingerprint density at radius 2 is 1.69 bits per heavy atom. The summed E-state index contributed by atoms with van der Waals surface area (Å²) in [6, 6.07) is 17.5. The fourth-order valence-corrected chi connectivity index (χ4v) is 3.21. The van der Waals surface area contributed by atoms with Crippen LogP contribution in [0.25, 0.3) is 16.7 Å². The minimum Gasteiger partial charge on any atom is -0.451 e. The molecular weight excluding hydrogens is 326 g/mol. The average molecular weight is 345 g/mol. The van der Waals surface area contributed by atoms with E-state index in [2.05, 4.69) is 10.4 Å². The normalized spacial score (nSPS) is 11.0. The second kappa shape index (κ2) is 6.19. The van der Waals surface area contributed by atoms with E-state index in [1.807, 2.05) is 80.1 Å². The number of amides is 1. The van der Waals surface area contributed by atoms with E-state index in [1.54, 1.807) is 0 Å². The second-order valence-electron chi connectivity index (χ2n) is 6.30. The number of benzene rings is 2. The zero-order chi connectivity index (χ0) is 18.3. The quantitative estimate of drug-likeness (QED) is 0.580. The number of carbonyl (C=O) groups excluding carboxylic acids is 1.